The number of aromatic nitrogens is 3. The minimum absolute atomic E-state index is 0.230. The molecule has 2 heterocycles. The number of hydrogen-bond acceptors (Lipinski definition) is 2. The molecule has 0 aliphatic heterocycles. The molecule has 3 rings (SSSR count). The second kappa shape index (κ2) is 5.14. The Morgan fingerprint density at radius 2 is 2.20 bits per heavy atom. The zero-order chi connectivity index (χ0) is 14.3. The van der Waals surface area contributed by atoms with Gasteiger partial charge in [-0.05, 0) is 52.7 Å². The van der Waals surface area contributed by atoms with E-state index in [1.807, 2.05) is 19.1 Å². The Labute approximate surface area is 128 Å². The molecular formula is C14H10BrClFN3. The molecule has 3 aromatic rings. The Bertz CT molecular complexity index is 800. The Kier molecular flexibility index (Phi) is 3.48. The zero-order valence-corrected chi connectivity index (χ0v) is 12.9. The number of benzene rings is 1. The molecule has 0 spiro atoms. The number of alkyl halides is 1. The van der Waals surface area contributed by atoms with Crippen molar-refractivity contribution in [2.75, 3.05) is 0 Å². The molecule has 0 unspecified atom stereocenters. The summed E-state index contributed by atoms with van der Waals surface area (Å²) in [5.41, 5.74) is 3.02. The number of fused-ring (bicyclic) bond motifs is 1. The highest BCUT2D eigenvalue weighted by Gasteiger charge is 2.15. The van der Waals surface area contributed by atoms with Crippen molar-refractivity contribution in [1.82, 2.24) is 14.5 Å². The first-order valence-electron chi connectivity index (χ1n) is 5.96. The Morgan fingerprint density at radius 1 is 1.40 bits per heavy atom. The smallest absolute Gasteiger partial charge is 0.164 e. The molecule has 0 aliphatic carbocycles. The lowest BCUT2D eigenvalue weighted by molar-refractivity contribution is 0.619. The van der Waals surface area contributed by atoms with Gasteiger partial charge in [-0.2, -0.15) is 0 Å². The van der Waals surface area contributed by atoms with Crippen molar-refractivity contribution in [3.63, 3.8) is 0 Å². The van der Waals surface area contributed by atoms with Gasteiger partial charge in [-0.1, -0.05) is 0 Å². The van der Waals surface area contributed by atoms with Crippen LogP contribution in [0.2, 0.25) is 0 Å². The summed E-state index contributed by atoms with van der Waals surface area (Å²) in [6.07, 6.45) is 1.68. The lowest BCUT2D eigenvalue weighted by Crippen LogP contribution is -2.03. The largest absolute Gasteiger partial charge is 0.279 e. The van der Waals surface area contributed by atoms with Gasteiger partial charge in [0.1, 0.15) is 17.2 Å². The molecule has 0 fully saturated rings. The predicted molar refractivity (Wildman–Crippen MR) is 80.8 cm³/mol. The molecule has 3 nitrogen and oxygen atoms in total. The first-order chi connectivity index (χ1) is 9.61. The fourth-order valence-electron chi connectivity index (χ4n) is 2.18. The van der Waals surface area contributed by atoms with Crippen molar-refractivity contribution in [2.45, 2.75) is 12.8 Å². The van der Waals surface area contributed by atoms with Crippen LogP contribution in [0, 0.1) is 12.7 Å². The van der Waals surface area contributed by atoms with Crippen molar-refractivity contribution >= 4 is 38.7 Å². The van der Waals surface area contributed by atoms with E-state index in [9.17, 15) is 4.39 Å². The van der Waals surface area contributed by atoms with Crippen LogP contribution in [0.25, 0.3) is 16.9 Å². The summed E-state index contributed by atoms with van der Waals surface area (Å²) in [4.78, 5) is 8.76. The number of halogens is 3. The van der Waals surface area contributed by atoms with Crippen molar-refractivity contribution in [3.05, 3.63) is 52.1 Å². The molecule has 6 heteroatoms. The van der Waals surface area contributed by atoms with Crippen molar-refractivity contribution in [1.29, 1.82) is 0 Å². The third-order valence-corrected chi connectivity index (χ3v) is 3.93. The third kappa shape index (κ3) is 2.11. The van der Waals surface area contributed by atoms with Crippen LogP contribution in [-0.2, 0) is 5.88 Å². The number of aryl methyl sites for hydroxylation is 1. The number of nitrogens with zero attached hydrogens (tertiary/aromatic N) is 3. The van der Waals surface area contributed by atoms with Crippen LogP contribution in [0.15, 0.2) is 34.9 Å². The quantitative estimate of drug-likeness (QED) is 0.640. The monoisotopic (exact) mass is 353 g/mol. The Hall–Kier alpha value is -1.46. The van der Waals surface area contributed by atoms with E-state index < -0.39 is 0 Å². The van der Waals surface area contributed by atoms with E-state index >= 15 is 0 Å². The lowest BCUT2D eigenvalue weighted by Gasteiger charge is -2.11. The summed E-state index contributed by atoms with van der Waals surface area (Å²) in [7, 11) is 0. The molecule has 0 N–H and O–H groups in total. The van der Waals surface area contributed by atoms with Gasteiger partial charge in [-0.25, -0.2) is 14.4 Å². The van der Waals surface area contributed by atoms with E-state index in [0.29, 0.717) is 21.6 Å². The first-order valence-corrected chi connectivity index (χ1v) is 7.29. The fraction of sp³-hybridized carbons (Fsp3) is 0.143. The van der Waals surface area contributed by atoms with Crippen LogP contribution in [0.5, 0.6) is 0 Å². The molecule has 1 aromatic carbocycles. The van der Waals surface area contributed by atoms with Gasteiger partial charge in [0.25, 0.3) is 0 Å². The maximum Gasteiger partial charge on any atom is 0.164 e. The molecule has 0 aliphatic rings. The van der Waals surface area contributed by atoms with E-state index in [0.717, 1.165) is 11.1 Å². The van der Waals surface area contributed by atoms with Gasteiger partial charge in [-0.15, -0.1) is 11.6 Å². The van der Waals surface area contributed by atoms with Gasteiger partial charge in [-0.3, -0.25) is 4.57 Å². The number of pyridine rings is 1. The van der Waals surface area contributed by atoms with Gasteiger partial charge in [0.05, 0.1) is 16.0 Å². The predicted octanol–water partition coefficient (Wildman–Crippen LogP) is 4.37. The summed E-state index contributed by atoms with van der Waals surface area (Å²) in [5.74, 6) is 0.544. The molecule has 0 bridgehead atoms. The van der Waals surface area contributed by atoms with Gasteiger partial charge in [0.15, 0.2) is 5.65 Å². The number of hydrogen-bond donors (Lipinski definition) is 0. The van der Waals surface area contributed by atoms with Crippen LogP contribution in [0.1, 0.15) is 11.4 Å². The van der Waals surface area contributed by atoms with E-state index in [-0.39, 0.29) is 11.7 Å². The highest BCUT2D eigenvalue weighted by atomic mass is 79.9. The highest BCUT2D eigenvalue weighted by molar-refractivity contribution is 9.10. The second-order valence-corrected chi connectivity index (χ2v) is 5.52. The van der Waals surface area contributed by atoms with Gasteiger partial charge in [0, 0.05) is 6.20 Å². The lowest BCUT2D eigenvalue weighted by atomic mass is 10.2. The van der Waals surface area contributed by atoms with Gasteiger partial charge < -0.3 is 0 Å². The molecule has 0 radical (unpaired) electrons. The molecular weight excluding hydrogens is 345 g/mol. The standard InChI is InChI=1S/C14H10BrClFN3/c1-8-5-9(15)10(17)6-12(8)20-13(7-16)19-11-3-2-4-18-14(11)20/h2-6H,7H2,1H3. The first kappa shape index (κ1) is 13.5. The SMILES string of the molecule is Cc1cc(Br)c(F)cc1-n1c(CCl)nc2cccnc21. The molecule has 0 saturated heterocycles. The summed E-state index contributed by atoms with van der Waals surface area (Å²) in [5, 5.41) is 0. The van der Waals surface area contributed by atoms with E-state index in [1.54, 1.807) is 16.8 Å². The molecule has 2 aromatic heterocycles. The fourth-order valence-corrected chi connectivity index (χ4v) is 2.82. The van der Waals surface area contributed by atoms with Crippen LogP contribution in [0.4, 0.5) is 4.39 Å². The Balaban J connectivity index is 2.36. The average Bonchev–Trinajstić information content (AvgIpc) is 2.81. The summed E-state index contributed by atoms with van der Waals surface area (Å²) in [6, 6.07) is 6.87. The summed E-state index contributed by atoms with van der Waals surface area (Å²) in [6.45, 7) is 1.91. The normalized spacial score (nSPS) is 11.2. The van der Waals surface area contributed by atoms with Crippen LogP contribution < -0.4 is 0 Å². The molecule has 0 atom stereocenters. The molecule has 0 amide bonds. The molecule has 0 saturated carbocycles. The van der Waals surface area contributed by atoms with E-state index in [1.165, 1.54) is 6.07 Å². The number of rotatable bonds is 2. The molecule has 20 heavy (non-hydrogen) atoms. The minimum atomic E-state index is -0.330. The van der Waals surface area contributed by atoms with Crippen molar-refractivity contribution < 1.29 is 4.39 Å². The number of imidazole rings is 1. The summed E-state index contributed by atoms with van der Waals surface area (Å²) >= 11 is 9.15. The Morgan fingerprint density at radius 3 is 2.95 bits per heavy atom. The van der Waals surface area contributed by atoms with Gasteiger partial charge in [0.2, 0.25) is 0 Å². The van der Waals surface area contributed by atoms with Crippen molar-refractivity contribution in [3.8, 4) is 5.69 Å². The van der Waals surface area contributed by atoms with Crippen LogP contribution in [-0.4, -0.2) is 14.5 Å². The van der Waals surface area contributed by atoms with E-state index in [2.05, 4.69) is 25.9 Å². The van der Waals surface area contributed by atoms with Crippen molar-refractivity contribution in [2.24, 2.45) is 0 Å². The average molecular weight is 355 g/mol. The maximum atomic E-state index is 13.9. The summed E-state index contributed by atoms with van der Waals surface area (Å²) < 4.78 is 16.1. The topological polar surface area (TPSA) is 30.7 Å². The molecule has 102 valence electrons. The third-order valence-electron chi connectivity index (χ3n) is 3.08. The maximum absolute atomic E-state index is 13.9. The van der Waals surface area contributed by atoms with Crippen LogP contribution >= 0.6 is 27.5 Å². The second-order valence-electron chi connectivity index (χ2n) is 4.40. The van der Waals surface area contributed by atoms with Crippen LogP contribution in [0.3, 0.4) is 0 Å². The minimum Gasteiger partial charge on any atom is -0.279 e. The zero-order valence-electron chi connectivity index (χ0n) is 10.6. The van der Waals surface area contributed by atoms with Gasteiger partial charge >= 0.3 is 0 Å². The highest BCUT2D eigenvalue weighted by Crippen LogP contribution is 2.27. The van der Waals surface area contributed by atoms with E-state index in [4.69, 9.17) is 11.6 Å².